The van der Waals surface area contributed by atoms with E-state index in [-0.39, 0.29) is 0 Å². The fourth-order valence-corrected chi connectivity index (χ4v) is 2.11. The molecule has 2 aromatic carbocycles. The van der Waals surface area contributed by atoms with Gasteiger partial charge in [-0.1, -0.05) is 56.3 Å². The lowest BCUT2D eigenvalue weighted by atomic mass is 10.0. The van der Waals surface area contributed by atoms with E-state index in [2.05, 4.69) is 61.6 Å². The highest BCUT2D eigenvalue weighted by Crippen LogP contribution is 2.28. The molecule has 0 aliphatic rings. The molecule has 0 atom stereocenters. The fraction of sp³-hybridized carbons (Fsp3) is 0.294. The Hall–Kier alpha value is -1.80. The summed E-state index contributed by atoms with van der Waals surface area (Å²) in [7, 11) is 1.72. The molecule has 0 saturated carbocycles. The average Bonchev–Trinajstić information content (AvgIpc) is 2.43. The van der Waals surface area contributed by atoms with E-state index in [1.54, 1.807) is 7.11 Å². The molecule has 0 fully saturated rings. The molecule has 2 rings (SSSR count). The minimum Gasteiger partial charge on any atom is -0.496 e. The minimum atomic E-state index is 0.499. The van der Waals surface area contributed by atoms with Crippen molar-refractivity contribution >= 4 is 16.8 Å². The van der Waals surface area contributed by atoms with Gasteiger partial charge in [-0.25, -0.2) is 0 Å². The summed E-state index contributed by atoms with van der Waals surface area (Å²) in [4.78, 5) is 0. The molecule has 0 spiro atoms. The van der Waals surface area contributed by atoms with E-state index in [9.17, 15) is 0 Å². The number of nitrogens with one attached hydrogen (secondary N) is 1. The van der Waals surface area contributed by atoms with Crippen molar-refractivity contribution in [3.8, 4) is 5.75 Å². The summed E-state index contributed by atoms with van der Waals surface area (Å²) in [5, 5.41) is 5.83. The maximum Gasteiger partial charge on any atom is 0.126 e. The minimum absolute atomic E-state index is 0.499. The van der Waals surface area contributed by atoms with E-state index < -0.39 is 0 Å². The van der Waals surface area contributed by atoms with Crippen molar-refractivity contribution in [3.05, 3.63) is 48.0 Å². The van der Waals surface area contributed by atoms with Gasteiger partial charge in [0.1, 0.15) is 5.75 Å². The number of hydrogen-bond donors (Lipinski definition) is 1. The zero-order valence-electron chi connectivity index (χ0n) is 11.8. The topological polar surface area (TPSA) is 21.3 Å². The molecule has 100 valence electrons. The van der Waals surface area contributed by atoms with Crippen molar-refractivity contribution < 1.29 is 4.74 Å². The van der Waals surface area contributed by atoms with Crippen molar-refractivity contribution in [2.24, 2.45) is 0 Å². The summed E-state index contributed by atoms with van der Waals surface area (Å²) in [5.74, 6) is 0.916. The van der Waals surface area contributed by atoms with Crippen LogP contribution in [0.1, 0.15) is 19.4 Å². The predicted molar refractivity (Wildman–Crippen MR) is 82.7 cm³/mol. The van der Waals surface area contributed by atoms with E-state index >= 15 is 0 Å². The summed E-state index contributed by atoms with van der Waals surface area (Å²) in [5.41, 5.74) is 1.14. The second kappa shape index (κ2) is 6.39. The zero-order chi connectivity index (χ0) is 13.7. The van der Waals surface area contributed by atoms with Crippen LogP contribution in [0, 0.1) is 0 Å². The third-order valence-electron chi connectivity index (χ3n) is 3.08. The highest BCUT2D eigenvalue weighted by atomic mass is 16.5. The Morgan fingerprint density at radius 1 is 1.16 bits per heavy atom. The van der Waals surface area contributed by atoms with Crippen LogP contribution in [0.5, 0.6) is 5.75 Å². The Labute approximate surface area is 115 Å². The molecular weight excluding hydrogens is 234 g/mol. The van der Waals surface area contributed by atoms with Gasteiger partial charge in [-0.3, -0.25) is 0 Å². The first-order valence-corrected chi connectivity index (χ1v) is 6.68. The van der Waals surface area contributed by atoms with Gasteiger partial charge in [0.15, 0.2) is 0 Å². The van der Waals surface area contributed by atoms with Crippen molar-refractivity contribution in [2.75, 3.05) is 13.7 Å². The standard InChI is InChI=1S/C17H21NO/c1-13(2)18-12-6-9-16-15-8-5-4-7-14(15)10-11-17(16)19-3/h4-11,13,18H,12H2,1-3H3. The maximum atomic E-state index is 5.46. The molecule has 0 saturated heterocycles. The SMILES string of the molecule is COc1ccc2ccccc2c1C=CCNC(C)C. The Bertz CT molecular complexity index is 572. The van der Waals surface area contributed by atoms with E-state index in [1.165, 1.54) is 10.8 Å². The number of ether oxygens (including phenoxy) is 1. The Morgan fingerprint density at radius 3 is 2.68 bits per heavy atom. The van der Waals surface area contributed by atoms with E-state index in [1.807, 2.05) is 6.07 Å². The van der Waals surface area contributed by atoms with Crippen molar-refractivity contribution in [1.29, 1.82) is 0 Å². The zero-order valence-corrected chi connectivity index (χ0v) is 11.8. The number of rotatable bonds is 5. The highest BCUT2D eigenvalue weighted by molar-refractivity contribution is 5.93. The lowest BCUT2D eigenvalue weighted by Gasteiger charge is -2.09. The molecule has 0 heterocycles. The molecule has 0 unspecified atom stereocenters. The van der Waals surface area contributed by atoms with Gasteiger partial charge in [0.2, 0.25) is 0 Å². The van der Waals surface area contributed by atoms with Crippen LogP contribution in [-0.4, -0.2) is 19.7 Å². The first-order chi connectivity index (χ1) is 9.22. The summed E-state index contributed by atoms with van der Waals surface area (Å²) in [6, 6.07) is 13.0. The summed E-state index contributed by atoms with van der Waals surface area (Å²) in [6.07, 6.45) is 4.28. The van der Waals surface area contributed by atoms with Crippen LogP contribution in [0.2, 0.25) is 0 Å². The molecule has 19 heavy (non-hydrogen) atoms. The lowest BCUT2D eigenvalue weighted by molar-refractivity contribution is 0.414. The first-order valence-electron chi connectivity index (χ1n) is 6.68. The number of methoxy groups -OCH3 is 1. The lowest BCUT2D eigenvalue weighted by Crippen LogP contribution is -2.22. The van der Waals surface area contributed by atoms with Crippen molar-refractivity contribution in [1.82, 2.24) is 5.32 Å². The molecule has 1 N–H and O–H groups in total. The molecule has 0 bridgehead atoms. The summed E-state index contributed by atoms with van der Waals surface area (Å²) >= 11 is 0. The predicted octanol–water partition coefficient (Wildman–Crippen LogP) is 3.86. The van der Waals surface area contributed by atoms with Gasteiger partial charge in [-0.15, -0.1) is 0 Å². The maximum absolute atomic E-state index is 5.46. The van der Waals surface area contributed by atoms with Gasteiger partial charge < -0.3 is 10.1 Å². The molecule has 0 amide bonds. The van der Waals surface area contributed by atoms with Gasteiger partial charge in [0, 0.05) is 18.2 Å². The summed E-state index contributed by atoms with van der Waals surface area (Å²) < 4.78 is 5.46. The number of fused-ring (bicyclic) bond motifs is 1. The van der Waals surface area contributed by atoms with Crippen molar-refractivity contribution in [2.45, 2.75) is 19.9 Å². The van der Waals surface area contributed by atoms with Crippen LogP contribution < -0.4 is 10.1 Å². The van der Waals surface area contributed by atoms with Crippen LogP contribution >= 0.6 is 0 Å². The average molecular weight is 255 g/mol. The van der Waals surface area contributed by atoms with Crippen LogP contribution in [0.15, 0.2) is 42.5 Å². The molecule has 0 radical (unpaired) electrons. The van der Waals surface area contributed by atoms with Crippen LogP contribution in [0.4, 0.5) is 0 Å². The van der Waals surface area contributed by atoms with Crippen LogP contribution in [-0.2, 0) is 0 Å². The van der Waals surface area contributed by atoms with Crippen LogP contribution in [0.25, 0.3) is 16.8 Å². The highest BCUT2D eigenvalue weighted by Gasteiger charge is 2.04. The molecule has 0 aliphatic carbocycles. The molecular formula is C17H21NO. The third kappa shape index (κ3) is 3.36. The van der Waals surface area contributed by atoms with Crippen LogP contribution in [0.3, 0.4) is 0 Å². The molecule has 0 aromatic heterocycles. The second-order valence-electron chi connectivity index (χ2n) is 4.87. The number of benzene rings is 2. The second-order valence-corrected chi connectivity index (χ2v) is 4.87. The summed E-state index contributed by atoms with van der Waals surface area (Å²) in [6.45, 7) is 5.16. The van der Waals surface area contributed by atoms with E-state index in [0.29, 0.717) is 6.04 Å². The Morgan fingerprint density at radius 2 is 1.95 bits per heavy atom. The normalized spacial score (nSPS) is 11.6. The molecule has 2 nitrogen and oxygen atoms in total. The van der Waals surface area contributed by atoms with E-state index in [0.717, 1.165) is 17.9 Å². The monoisotopic (exact) mass is 255 g/mol. The Kier molecular flexibility index (Phi) is 4.58. The molecule has 2 aromatic rings. The largest absolute Gasteiger partial charge is 0.496 e. The van der Waals surface area contributed by atoms with Gasteiger partial charge in [-0.2, -0.15) is 0 Å². The molecule has 0 aliphatic heterocycles. The Balaban J connectivity index is 2.33. The molecule has 2 heteroatoms. The van der Waals surface area contributed by atoms with Gasteiger partial charge in [-0.05, 0) is 16.8 Å². The van der Waals surface area contributed by atoms with Gasteiger partial charge in [0.05, 0.1) is 7.11 Å². The van der Waals surface area contributed by atoms with Gasteiger partial charge in [0.25, 0.3) is 0 Å². The fourth-order valence-electron chi connectivity index (χ4n) is 2.11. The quantitative estimate of drug-likeness (QED) is 0.876. The third-order valence-corrected chi connectivity index (χ3v) is 3.08. The first kappa shape index (κ1) is 13.6. The van der Waals surface area contributed by atoms with Crippen molar-refractivity contribution in [3.63, 3.8) is 0 Å². The number of hydrogen-bond acceptors (Lipinski definition) is 2. The van der Waals surface area contributed by atoms with Gasteiger partial charge >= 0.3 is 0 Å². The smallest absolute Gasteiger partial charge is 0.126 e. The van der Waals surface area contributed by atoms with E-state index in [4.69, 9.17) is 4.74 Å².